The zero-order valence-electron chi connectivity index (χ0n) is 24.0. The molecule has 0 aromatic heterocycles. The molecule has 0 aromatic rings. The van der Waals surface area contributed by atoms with Gasteiger partial charge in [0.25, 0.3) is 6.08 Å². The van der Waals surface area contributed by atoms with E-state index < -0.39 is 6.08 Å². The van der Waals surface area contributed by atoms with Crippen molar-refractivity contribution in [3.8, 4) is 0 Å². The highest BCUT2D eigenvalue weighted by molar-refractivity contribution is 4.92. The van der Waals surface area contributed by atoms with Crippen LogP contribution in [-0.4, -0.2) is 19.5 Å². The monoisotopic (exact) mass is 522 g/mol. The minimum absolute atomic E-state index is 0.0604. The summed E-state index contributed by atoms with van der Waals surface area (Å²) in [6, 6.07) is 0. The van der Waals surface area contributed by atoms with Crippen LogP contribution in [0.4, 0.5) is 8.78 Å². The van der Waals surface area contributed by atoms with Crippen molar-refractivity contribution in [1.29, 1.82) is 0 Å². The summed E-state index contributed by atoms with van der Waals surface area (Å²) in [6.07, 6.45) is 22.8. The molecule has 4 rings (SSSR count). The van der Waals surface area contributed by atoms with Crippen molar-refractivity contribution in [3.05, 3.63) is 12.2 Å². The first-order chi connectivity index (χ1) is 18.0. The van der Waals surface area contributed by atoms with E-state index in [0.29, 0.717) is 11.8 Å². The van der Waals surface area contributed by atoms with Crippen LogP contribution in [0.1, 0.15) is 129 Å². The third-order valence-corrected chi connectivity index (χ3v) is 11.0. The second-order valence-corrected chi connectivity index (χ2v) is 13.5. The second-order valence-electron chi connectivity index (χ2n) is 13.5. The molecule has 3 saturated carbocycles. The molecule has 4 fully saturated rings. The third kappa shape index (κ3) is 9.30. The fraction of sp³-hybridized carbons (Fsp3) is 0.939. The Balaban J connectivity index is 1.02. The van der Waals surface area contributed by atoms with Gasteiger partial charge in [0.1, 0.15) is 0 Å². The Hall–Kier alpha value is -0.480. The molecule has 0 amide bonds. The Morgan fingerprint density at radius 3 is 1.84 bits per heavy atom. The topological polar surface area (TPSA) is 18.5 Å². The SMILES string of the molecule is CCCC(C)C1CCC(C2OCC(CCCCC3CCC(C4CCC(C=C(F)F)CC4)CC3)CO2)CC1. The third-order valence-electron chi connectivity index (χ3n) is 11.0. The van der Waals surface area contributed by atoms with Crippen LogP contribution in [0.15, 0.2) is 12.2 Å². The van der Waals surface area contributed by atoms with Crippen molar-refractivity contribution in [2.45, 2.75) is 136 Å². The molecule has 0 radical (unpaired) electrons. The second kappa shape index (κ2) is 15.3. The van der Waals surface area contributed by atoms with E-state index in [-0.39, 0.29) is 12.2 Å². The molecule has 4 heteroatoms. The van der Waals surface area contributed by atoms with E-state index in [1.807, 2.05) is 0 Å². The molecular formula is C33H56F2O2. The Labute approximate surface area is 226 Å². The van der Waals surface area contributed by atoms with Crippen LogP contribution >= 0.6 is 0 Å². The van der Waals surface area contributed by atoms with Gasteiger partial charge in [0.05, 0.1) is 13.2 Å². The van der Waals surface area contributed by atoms with Gasteiger partial charge in [-0.2, -0.15) is 8.78 Å². The van der Waals surface area contributed by atoms with E-state index >= 15 is 0 Å². The summed E-state index contributed by atoms with van der Waals surface area (Å²) >= 11 is 0. The number of ether oxygens (including phenoxy) is 2. The first-order valence-electron chi connectivity index (χ1n) is 16.3. The number of hydrogen-bond acceptors (Lipinski definition) is 2. The van der Waals surface area contributed by atoms with Crippen molar-refractivity contribution in [1.82, 2.24) is 0 Å². The van der Waals surface area contributed by atoms with Crippen LogP contribution < -0.4 is 0 Å². The van der Waals surface area contributed by atoms with Gasteiger partial charge in [-0.25, -0.2) is 0 Å². The number of allylic oxidation sites excluding steroid dienone is 1. The zero-order valence-corrected chi connectivity index (χ0v) is 24.0. The van der Waals surface area contributed by atoms with Gasteiger partial charge in [-0.15, -0.1) is 0 Å². The highest BCUT2D eigenvalue weighted by Gasteiger charge is 2.34. The quantitative estimate of drug-likeness (QED) is 0.251. The maximum atomic E-state index is 12.5. The fourth-order valence-corrected chi connectivity index (χ4v) is 8.45. The highest BCUT2D eigenvalue weighted by atomic mass is 19.3. The fourth-order valence-electron chi connectivity index (χ4n) is 8.45. The van der Waals surface area contributed by atoms with Crippen molar-refractivity contribution < 1.29 is 18.3 Å². The van der Waals surface area contributed by atoms with E-state index in [1.165, 1.54) is 96.0 Å². The van der Waals surface area contributed by atoms with Gasteiger partial charge >= 0.3 is 0 Å². The van der Waals surface area contributed by atoms with Gasteiger partial charge in [-0.05, 0) is 112 Å². The van der Waals surface area contributed by atoms with Gasteiger partial charge in [-0.3, -0.25) is 0 Å². The van der Waals surface area contributed by atoms with E-state index in [4.69, 9.17) is 9.47 Å². The minimum atomic E-state index is -1.48. The maximum Gasteiger partial charge on any atom is 0.266 e. The van der Waals surface area contributed by atoms with Crippen LogP contribution in [0, 0.1) is 47.3 Å². The first kappa shape index (κ1) is 29.5. The maximum absolute atomic E-state index is 12.5. The molecule has 0 bridgehead atoms. The van der Waals surface area contributed by atoms with Gasteiger partial charge in [-0.1, -0.05) is 58.8 Å². The predicted molar refractivity (Wildman–Crippen MR) is 148 cm³/mol. The van der Waals surface area contributed by atoms with Crippen molar-refractivity contribution >= 4 is 0 Å². The summed E-state index contributed by atoms with van der Waals surface area (Å²) in [5.41, 5.74) is 0. The van der Waals surface area contributed by atoms with Crippen LogP contribution in [0.5, 0.6) is 0 Å². The molecule has 1 heterocycles. The first-order valence-corrected chi connectivity index (χ1v) is 16.3. The molecule has 0 aromatic carbocycles. The Kier molecular flexibility index (Phi) is 12.2. The number of halogens is 2. The smallest absolute Gasteiger partial charge is 0.266 e. The predicted octanol–water partition coefficient (Wildman–Crippen LogP) is 10.2. The van der Waals surface area contributed by atoms with Crippen molar-refractivity contribution in [3.63, 3.8) is 0 Å². The highest BCUT2D eigenvalue weighted by Crippen LogP contribution is 2.43. The van der Waals surface area contributed by atoms with Crippen LogP contribution in [-0.2, 0) is 9.47 Å². The number of hydrogen-bond donors (Lipinski definition) is 0. The molecular weight excluding hydrogens is 466 g/mol. The Morgan fingerprint density at radius 2 is 1.27 bits per heavy atom. The molecule has 1 unspecified atom stereocenters. The van der Waals surface area contributed by atoms with Crippen LogP contribution in [0.3, 0.4) is 0 Å². The van der Waals surface area contributed by atoms with E-state index in [2.05, 4.69) is 13.8 Å². The summed E-state index contributed by atoms with van der Waals surface area (Å²) in [5.74, 6) is 5.69. The van der Waals surface area contributed by atoms with E-state index in [1.54, 1.807) is 0 Å². The zero-order chi connectivity index (χ0) is 26.0. The summed E-state index contributed by atoms with van der Waals surface area (Å²) in [4.78, 5) is 0. The molecule has 1 saturated heterocycles. The van der Waals surface area contributed by atoms with Gasteiger partial charge in [0.2, 0.25) is 0 Å². The van der Waals surface area contributed by atoms with Crippen LogP contribution in [0.25, 0.3) is 0 Å². The molecule has 0 spiro atoms. The molecule has 2 nitrogen and oxygen atoms in total. The lowest BCUT2D eigenvalue weighted by atomic mass is 9.68. The molecule has 4 aliphatic rings. The summed E-state index contributed by atoms with van der Waals surface area (Å²) in [7, 11) is 0. The largest absolute Gasteiger partial charge is 0.352 e. The lowest BCUT2D eigenvalue weighted by Crippen LogP contribution is -2.39. The normalized spacial score (nSPS) is 38.2. The number of rotatable bonds is 11. The molecule has 1 aliphatic heterocycles. The van der Waals surface area contributed by atoms with E-state index in [0.717, 1.165) is 68.5 Å². The standard InChI is InChI=1S/C33H56F2O2/c1-3-6-24(2)28-17-19-31(20-18-28)33-36-22-27(23-37-33)8-5-4-7-25-9-13-29(14-10-25)30-15-11-26(12-16-30)21-32(34)35/h21,24-31,33H,3-20,22-23H2,1-2H3. The molecule has 214 valence electrons. The molecule has 1 atom stereocenters. The molecule has 37 heavy (non-hydrogen) atoms. The number of unbranched alkanes of at least 4 members (excludes halogenated alkanes) is 1. The summed E-state index contributed by atoms with van der Waals surface area (Å²) in [6.45, 7) is 6.56. The Bertz CT molecular complexity index is 645. The van der Waals surface area contributed by atoms with Gasteiger partial charge < -0.3 is 9.47 Å². The average molecular weight is 523 g/mol. The minimum Gasteiger partial charge on any atom is -0.352 e. The summed E-state index contributed by atoms with van der Waals surface area (Å²) in [5, 5.41) is 0. The van der Waals surface area contributed by atoms with Crippen LogP contribution in [0.2, 0.25) is 0 Å². The molecule has 3 aliphatic carbocycles. The lowest BCUT2D eigenvalue weighted by Gasteiger charge is -2.39. The van der Waals surface area contributed by atoms with Crippen molar-refractivity contribution in [2.24, 2.45) is 47.3 Å². The van der Waals surface area contributed by atoms with E-state index in [9.17, 15) is 8.78 Å². The molecule has 0 N–H and O–H groups in total. The van der Waals surface area contributed by atoms with Gasteiger partial charge in [0, 0.05) is 11.8 Å². The Morgan fingerprint density at radius 1 is 0.730 bits per heavy atom. The van der Waals surface area contributed by atoms with Crippen molar-refractivity contribution in [2.75, 3.05) is 13.2 Å². The lowest BCUT2D eigenvalue weighted by molar-refractivity contribution is -0.230. The summed E-state index contributed by atoms with van der Waals surface area (Å²) < 4.78 is 37.6. The average Bonchev–Trinajstić information content (AvgIpc) is 2.92. The van der Waals surface area contributed by atoms with Gasteiger partial charge in [0.15, 0.2) is 6.29 Å².